The average Bonchev–Trinajstić information content (AvgIpc) is 1.99. The second-order valence-electron chi connectivity index (χ2n) is 2.43. The van der Waals surface area contributed by atoms with Crippen LogP contribution in [0.4, 0.5) is 4.39 Å². The second kappa shape index (κ2) is 4.07. The molecule has 0 spiro atoms. The van der Waals surface area contributed by atoms with Gasteiger partial charge in [0.15, 0.2) is 0 Å². The van der Waals surface area contributed by atoms with E-state index in [2.05, 4.69) is 15.9 Å². The van der Waals surface area contributed by atoms with Gasteiger partial charge < -0.3 is 5.11 Å². The summed E-state index contributed by atoms with van der Waals surface area (Å²) in [5.41, 5.74) is 0.273. The summed E-state index contributed by atoms with van der Waals surface area (Å²) in [4.78, 5) is 10.3. The summed E-state index contributed by atoms with van der Waals surface area (Å²) in [5, 5.41) is 8.70. The van der Waals surface area contributed by atoms with Gasteiger partial charge in [0.05, 0.1) is 10.9 Å². The molecule has 2 nitrogen and oxygen atoms in total. The van der Waals surface area contributed by atoms with Crippen molar-refractivity contribution in [2.75, 3.05) is 0 Å². The van der Waals surface area contributed by atoms with Crippen LogP contribution >= 0.6 is 27.5 Å². The van der Waals surface area contributed by atoms with Gasteiger partial charge in [-0.3, -0.25) is 4.79 Å². The molecular weight excluding hydrogens is 262 g/mol. The number of aliphatic carboxylic acids is 1. The third-order valence-corrected chi connectivity index (χ3v) is 2.39. The molecule has 0 aliphatic carbocycles. The molecule has 1 aromatic rings. The Balaban J connectivity index is 3.08. The van der Waals surface area contributed by atoms with E-state index in [-0.39, 0.29) is 21.5 Å². The molecule has 0 aliphatic rings. The number of hydrogen-bond donors (Lipinski definition) is 1. The maximum absolute atomic E-state index is 12.9. The highest BCUT2D eigenvalue weighted by Crippen LogP contribution is 2.24. The third kappa shape index (κ3) is 2.67. The van der Waals surface area contributed by atoms with E-state index in [0.717, 1.165) is 6.07 Å². The molecule has 70 valence electrons. The van der Waals surface area contributed by atoms with Crippen molar-refractivity contribution in [3.8, 4) is 0 Å². The van der Waals surface area contributed by atoms with Crippen LogP contribution < -0.4 is 0 Å². The first-order chi connectivity index (χ1) is 6.00. The van der Waals surface area contributed by atoms with Gasteiger partial charge in [-0.25, -0.2) is 4.39 Å². The Morgan fingerprint density at radius 2 is 2.23 bits per heavy atom. The van der Waals surface area contributed by atoms with Gasteiger partial charge in [-0.15, -0.1) is 0 Å². The Morgan fingerprint density at radius 3 is 2.77 bits per heavy atom. The normalized spacial score (nSPS) is 10.1. The molecule has 0 aromatic heterocycles. The molecule has 5 heteroatoms. The van der Waals surface area contributed by atoms with E-state index < -0.39 is 11.8 Å². The molecule has 0 aliphatic heterocycles. The van der Waals surface area contributed by atoms with Crippen molar-refractivity contribution in [3.05, 3.63) is 33.0 Å². The Labute approximate surface area is 87.5 Å². The standard InChI is InChI=1S/C8H5BrClFO2/c9-5-3-6(10)4(1-7(5)11)2-8(12)13/h1,3H,2H2,(H,12,13). The fraction of sp³-hybridized carbons (Fsp3) is 0.125. The molecule has 0 saturated carbocycles. The van der Waals surface area contributed by atoms with Crippen LogP contribution in [0.2, 0.25) is 5.02 Å². The Kier molecular flexibility index (Phi) is 3.27. The van der Waals surface area contributed by atoms with Crippen LogP contribution in [0.25, 0.3) is 0 Å². The van der Waals surface area contributed by atoms with Crippen LogP contribution in [-0.4, -0.2) is 11.1 Å². The molecule has 0 atom stereocenters. The molecule has 0 unspecified atom stereocenters. The lowest BCUT2D eigenvalue weighted by atomic mass is 10.1. The van der Waals surface area contributed by atoms with Gasteiger partial charge in [0.1, 0.15) is 5.82 Å². The first-order valence-corrected chi connectivity index (χ1v) is 4.53. The van der Waals surface area contributed by atoms with E-state index in [1.165, 1.54) is 6.07 Å². The van der Waals surface area contributed by atoms with Crippen molar-refractivity contribution in [2.24, 2.45) is 0 Å². The topological polar surface area (TPSA) is 37.3 Å². The van der Waals surface area contributed by atoms with E-state index in [0.29, 0.717) is 0 Å². The number of hydrogen-bond acceptors (Lipinski definition) is 1. The molecule has 0 saturated heterocycles. The van der Waals surface area contributed by atoms with Crippen molar-refractivity contribution in [1.82, 2.24) is 0 Å². The SMILES string of the molecule is O=C(O)Cc1cc(F)c(Br)cc1Cl. The minimum absolute atomic E-state index is 0.228. The second-order valence-corrected chi connectivity index (χ2v) is 3.69. The lowest BCUT2D eigenvalue weighted by Crippen LogP contribution is -2.01. The molecule has 1 N–H and O–H groups in total. The predicted octanol–water partition coefficient (Wildman–Crippen LogP) is 2.87. The third-order valence-electron chi connectivity index (χ3n) is 1.43. The highest BCUT2D eigenvalue weighted by atomic mass is 79.9. The van der Waals surface area contributed by atoms with Crippen LogP contribution in [-0.2, 0) is 11.2 Å². The van der Waals surface area contributed by atoms with Gasteiger partial charge in [0, 0.05) is 5.02 Å². The maximum atomic E-state index is 12.9. The maximum Gasteiger partial charge on any atom is 0.307 e. The first kappa shape index (κ1) is 10.5. The molecule has 0 heterocycles. The van der Waals surface area contributed by atoms with Gasteiger partial charge in [0.25, 0.3) is 0 Å². The van der Waals surface area contributed by atoms with Crippen molar-refractivity contribution >= 4 is 33.5 Å². The largest absolute Gasteiger partial charge is 0.481 e. The Hall–Kier alpha value is -0.610. The molecule has 0 bridgehead atoms. The zero-order valence-electron chi connectivity index (χ0n) is 6.35. The van der Waals surface area contributed by atoms with Crippen molar-refractivity contribution < 1.29 is 14.3 Å². The first-order valence-electron chi connectivity index (χ1n) is 3.36. The number of carboxylic acids is 1. The summed E-state index contributed by atoms with van der Waals surface area (Å²) in [5.74, 6) is -1.55. The lowest BCUT2D eigenvalue weighted by Gasteiger charge is -2.02. The summed E-state index contributed by atoms with van der Waals surface area (Å²) in [7, 11) is 0. The van der Waals surface area contributed by atoms with Crippen LogP contribution in [0.15, 0.2) is 16.6 Å². The van der Waals surface area contributed by atoms with Crippen LogP contribution in [0.3, 0.4) is 0 Å². The van der Waals surface area contributed by atoms with Gasteiger partial charge in [-0.1, -0.05) is 11.6 Å². The molecular formula is C8H5BrClFO2. The van der Waals surface area contributed by atoms with Gasteiger partial charge in [-0.05, 0) is 33.6 Å². The van der Waals surface area contributed by atoms with Crippen molar-refractivity contribution in [3.63, 3.8) is 0 Å². The average molecular weight is 267 g/mol. The zero-order valence-corrected chi connectivity index (χ0v) is 8.69. The minimum Gasteiger partial charge on any atom is -0.481 e. The molecule has 0 fully saturated rings. The molecule has 1 aromatic carbocycles. The molecule has 0 amide bonds. The van der Waals surface area contributed by atoms with Crippen LogP contribution in [0, 0.1) is 5.82 Å². The number of rotatable bonds is 2. The number of carbonyl (C=O) groups is 1. The van der Waals surface area contributed by atoms with E-state index in [1.807, 2.05) is 0 Å². The predicted molar refractivity (Wildman–Crippen MR) is 50.4 cm³/mol. The molecule has 1 rings (SSSR count). The van der Waals surface area contributed by atoms with Crippen molar-refractivity contribution in [1.29, 1.82) is 0 Å². The number of benzene rings is 1. The highest BCUT2D eigenvalue weighted by Gasteiger charge is 2.09. The quantitative estimate of drug-likeness (QED) is 0.837. The van der Waals surface area contributed by atoms with Crippen LogP contribution in [0.1, 0.15) is 5.56 Å². The van der Waals surface area contributed by atoms with Gasteiger partial charge in [0.2, 0.25) is 0 Å². The highest BCUT2D eigenvalue weighted by molar-refractivity contribution is 9.10. The summed E-state index contributed by atoms with van der Waals surface area (Å²) < 4.78 is 13.1. The van der Waals surface area contributed by atoms with Gasteiger partial charge in [-0.2, -0.15) is 0 Å². The van der Waals surface area contributed by atoms with E-state index in [4.69, 9.17) is 16.7 Å². The number of halogens is 3. The fourth-order valence-corrected chi connectivity index (χ4v) is 1.57. The summed E-state index contributed by atoms with van der Waals surface area (Å²) >= 11 is 8.63. The zero-order chi connectivity index (χ0) is 10.0. The minimum atomic E-state index is -1.04. The number of carboxylic acid groups (broad SMARTS) is 1. The van der Waals surface area contributed by atoms with E-state index in [9.17, 15) is 9.18 Å². The fourth-order valence-electron chi connectivity index (χ4n) is 0.862. The molecule has 0 radical (unpaired) electrons. The summed E-state index contributed by atoms with van der Waals surface area (Å²) in [6.07, 6.45) is -0.275. The summed E-state index contributed by atoms with van der Waals surface area (Å²) in [6.45, 7) is 0. The van der Waals surface area contributed by atoms with E-state index in [1.54, 1.807) is 0 Å². The van der Waals surface area contributed by atoms with E-state index >= 15 is 0 Å². The molecule has 13 heavy (non-hydrogen) atoms. The monoisotopic (exact) mass is 266 g/mol. The van der Waals surface area contributed by atoms with Gasteiger partial charge >= 0.3 is 5.97 Å². The summed E-state index contributed by atoms with van der Waals surface area (Å²) in [6, 6.07) is 2.45. The lowest BCUT2D eigenvalue weighted by molar-refractivity contribution is -0.136. The Morgan fingerprint density at radius 1 is 1.62 bits per heavy atom. The smallest absolute Gasteiger partial charge is 0.307 e. The van der Waals surface area contributed by atoms with Crippen LogP contribution in [0.5, 0.6) is 0 Å². The van der Waals surface area contributed by atoms with Crippen molar-refractivity contribution in [2.45, 2.75) is 6.42 Å². The Bertz CT molecular complexity index is 354.